The first kappa shape index (κ1) is 11.0. The topological polar surface area (TPSA) is 3.24 Å². The van der Waals surface area contributed by atoms with Crippen LogP contribution in [0, 0.1) is 0 Å². The average Bonchev–Trinajstić information content (AvgIpc) is 2.41. The van der Waals surface area contributed by atoms with Crippen molar-refractivity contribution < 1.29 is 0 Å². The molecule has 1 aromatic rings. The molecule has 1 aliphatic heterocycles. The van der Waals surface area contributed by atoms with Crippen molar-refractivity contribution >= 4 is 5.69 Å². The van der Waals surface area contributed by atoms with Crippen molar-refractivity contribution in [3.63, 3.8) is 0 Å². The Hall–Kier alpha value is -1.50. The first-order valence-corrected chi connectivity index (χ1v) is 5.65. The van der Waals surface area contributed by atoms with Crippen LogP contribution in [0.2, 0.25) is 0 Å². The Morgan fingerprint density at radius 3 is 2.50 bits per heavy atom. The monoisotopic (exact) mass is 213 g/mol. The molecule has 0 amide bonds. The zero-order chi connectivity index (χ0) is 11.9. The van der Waals surface area contributed by atoms with Gasteiger partial charge in [-0.2, -0.15) is 0 Å². The summed E-state index contributed by atoms with van der Waals surface area (Å²) in [5.41, 5.74) is 5.19. The van der Waals surface area contributed by atoms with Gasteiger partial charge in [-0.05, 0) is 24.6 Å². The summed E-state index contributed by atoms with van der Waals surface area (Å²) in [6.07, 6.45) is 2.18. The number of hydrogen-bond acceptors (Lipinski definition) is 1. The van der Waals surface area contributed by atoms with Crippen LogP contribution < -0.4 is 4.90 Å². The average molecular weight is 213 g/mol. The van der Waals surface area contributed by atoms with Crippen LogP contribution in [0.1, 0.15) is 26.3 Å². The summed E-state index contributed by atoms with van der Waals surface area (Å²) >= 11 is 0. The van der Waals surface area contributed by atoms with Gasteiger partial charge in [0.15, 0.2) is 0 Å². The Morgan fingerprint density at radius 2 is 1.94 bits per heavy atom. The van der Waals surface area contributed by atoms with Gasteiger partial charge in [0.1, 0.15) is 0 Å². The highest BCUT2D eigenvalue weighted by Gasteiger charge is 2.37. The third-order valence-electron chi connectivity index (χ3n) is 3.32. The van der Waals surface area contributed by atoms with Crippen LogP contribution in [-0.4, -0.2) is 7.05 Å². The highest BCUT2D eigenvalue weighted by atomic mass is 15.2. The standard InChI is InChI=1S/C15H19N/c1-11(2)10-14-15(3,4)12-8-6-7-9-13(12)16(14)5/h6-10H,1H2,2-5H3/b14-10-. The van der Waals surface area contributed by atoms with Gasteiger partial charge in [-0.3, -0.25) is 0 Å². The van der Waals surface area contributed by atoms with Gasteiger partial charge in [-0.15, -0.1) is 0 Å². The van der Waals surface area contributed by atoms with Gasteiger partial charge in [0.25, 0.3) is 0 Å². The van der Waals surface area contributed by atoms with Crippen molar-refractivity contribution in [2.24, 2.45) is 0 Å². The summed E-state index contributed by atoms with van der Waals surface area (Å²) in [6.45, 7) is 10.6. The molecule has 0 fully saturated rings. The highest BCUT2D eigenvalue weighted by molar-refractivity contribution is 5.70. The molecule has 2 rings (SSSR count). The Kier molecular flexibility index (Phi) is 2.42. The Labute approximate surface area is 98.1 Å². The summed E-state index contributed by atoms with van der Waals surface area (Å²) in [5.74, 6) is 0. The molecule has 84 valence electrons. The molecule has 0 bridgehead atoms. The molecule has 0 saturated carbocycles. The molecule has 0 saturated heterocycles. The molecule has 0 atom stereocenters. The van der Waals surface area contributed by atoms with Crippen LogP contribution in [0.15, 0.2) is 48.2 Å². The minimum absolute atomic E-state index is 0.0737. The Bertz CT molecular complexity index is 466. The number of anilines is 1. The van der Waals surface area contributed by atoms with E-state index in [0.717, 1.165) is 5.57 Å². The molecule has 0 aromatic heterocycles. The second kappa shape index (κ2) is 3.51. The molecule has 0 N–H and O–H groups in total. The lowest BCUT2D eigenvalue weighted by Gasteiger charge is -2.24. The third-order valence-corrected chi connectivity index (χ3v) is 3.32. The van der Waals surface area contributed by atoms with Gasteiger partial charge in [0, 0.05) is 23.8 Å². The molecule has 0 radical (unpaired) electrons. The summed E-state index contributed by atoms with van der Waals surface area (Å²) < 4.78 is 0. The maximum Gasteiger partial charge on any atom is 0.0447 e. The fourth-order valence-electron chi connectivity index (χ4n) is 2.49. The number of allylic oxidation sites excluding steroid dienone is 3. The zero-order valence-electron chi connectivity index (χ0n) is 10.5. The third kappa shape index (κ3) is 1.47. The first-order chi connectivity index (χ1) is 7.44. The number of benzene rings is 1. The van der Waals surface area contributed by atoms with Crippen LogP contribution in [0.5, 0.6) is 0 Å². The summed E-state index contributed by atoms with van der Waals surface area (Å²) in [5, 5.41) is 0. The van der Waals surface area contributed by atoms with Crippen molar-refractivity contribution in [3.8, 4) is 0 Å². The number of nitrogens with zero attached hydrogens (tertiary/aromatic N) is 1. The second-order valence-electron chi connectivity index (χ2n) is 5.08. The molecular formula is C15H19N. The number of fused-ring (bicyclic) bond motifs is 1. The zero-order valence-corrected chi connectivity index (χ0v) is 10.5. The largest absolute Gasteiger partial charge is 0.347 e. The van der Waals surface area contributed by atoms with E-state index in [-0.39, 0.29) is 5.41 Å². The molecule has 1 heterocycles. The van der Waals surface area contributed by atoms with Crippen molar-refractivity contribution in [1.29, 1.82) is 0 Å². The summed E-state index contributed by atoms with van der Waals surface area (Å²) in [4.78, 5) is 2.27. The van der Waals surface area contributed by atoms with Crippen LogP contribution in [0.25, 0.3) is 0 Å². The second-order valence-corrected chi connectivity index (χ2v) is 5.08. The van der Waals surface area contributed by atoms with Gasteiger partial charge < -0.3 is 4.90 Å². The van der Waals surface area contributed by atoms with Gasteiger partial charge >= 0.3 is 0 Å². The first-order valence-electron chi connectivity index (χ1n) is 5.65. The lowest BCUT2D eigenvalue weighted by molar-refractivity contribution is 0.639. The minimum atomic E-state index is 0.0737. The lowest BCUT2D eigenvalue weighted by atomic mass is 9.83. The fourth-order valence-corrected chi connectivity index (χ4v) is 2.49. The van der Waals surface area contributed by atoms with Crippen LogP contribution >= 0.6 is 0 Å². The number of rotatable bonds is 1. The predicted molar refractivity (Wildman–Crippen MR) is 70.8 cm³/mol. The maximum atomic E-state index is 3.98. The van der Waals surface area contributed by atoms with E-state index in [1.54, 1.807) is 0 Å². The van der Waals surface area contributed by atoms with Crippen molar-refractivity contribution in [1.82, 2.24) is 0 Å². The summed E-state index contributed by atoms with van der Waals surface area (Å²) in [7, 11) is 2.13. The molecule has 1 aliphatic rings. The lowest BCUT2D eigenvalue weighted by Crippen LogP contribution is -2.22. The molecule has 1 heteroatoms. The van der Waals surface area contributed by atoms with Crippen LogP contribution in [0.4, 0.5) is 5.69 Å². The van der Waals surface area contributed by atoms with E-state index in [1.807, 2.05) is 6.92 Å². The predicted octanol–water partition coefficient (Wildman–Crippen LogP) is 3.87. The molecule has 1 aromatic carbocycles. The minimum Gasteiger partial charge on any atom is -0.347 e. The smallest absolute Gasteiger partial charge is 0.0447 e. The molecular weight excluding hydrogens is 194 g/mol. The summed E-state index contributed by atoms with van der Waals surface area (Å²) in [6, 6.07) is 8.59. The van der Waals surface area contributed by atoms with E-state index in [4.69, 9.17) is 0 Å². The van der Waals surface area contributed by atoms with Gasteiger partial charge in [0.2, 0.25) is 0 Å². The quantitative estimate of drug-likeness (QED) is 0.684. The van der Waals surface area contributed by atoms with Gasteiger partial charge in [-0.25, -0.2) is 0 Å². The van der Waals surface area contributed by atoms with Crippen molar-refractivity contribution in [3.05, 3.63) is 53.8 Å². The SMILES string of the molecule is C=C(C)/C=C1\N(C)c2ccccc2C1(C)C. The number of likely N-dealkylation sites (N-methyl/N-ethyl adjacent to an activating group) is 1. The van der Waals surface area contributed by atoms with E-state index < -0.39 is 0 Å². The Morgan fingerprint density at radius 1 is 1.31 bits per heavy atom. The van der Waals surface area contributed by atoms with E-state index in [9.17, 15) is 0 Å². The highest BCUT2D eigenvalue weighted by Crippen LogP contribution is 2.46. The van der Waals surface area contributed by atoms with E-state index in [0.29, 0.717) is 0 Å². The van der Waals surface area contributed by atoms with E-state index >= 15 is 0 Å². The fraction of sp³-hybridized carbons (Fsp3) is 0.333. The molecule has 0 unspecified atom stereocenters. The van der Waals surface area contributed by atoms with E-state index in [1.165, 1.54) is 16.9 Å². The Balaban J connectivity index is 2.62. The van der Waals surface area contributed by atoms with Crippen LogP contribution in [-0.2, 0) is 5.41 Å². The normalized spacial score (nSPS) is 20.0. The van der Waals surface area contributed by atoms with Crippen molar-refractivity contribution in [2.45, 2.75) is 26.2 Å². The molecule has 16 heavy (non-hydrogen) atoms. The molecule has 0 aliphatic carbocycles. The van der Waals surface area contributed by atoms with Crippen molar-refractivity contribution in [2.75, 3.05) is 11.9 Å². The van der Waals surface area contributed by atoms with E-state index in [2.05, 4.69) is 62.7 Å². The molecule has 0 spiro atoms. The van der Waals surface area contributed by atoms with Gasteiger partial charge in [0.05, 0.1) is 0 Å². The molecule has 1 nitrogen and oxygen atoms in total. The number of hydrogen-bond donors (Lipinski definition) is 0. The maximum absolute atomic E-state index is 3.98. The van der Waals surface area contributed by atoms with Gasteiger partial charge in [-0.1, -0.05) is 44.2 Å². The number of para-hydroxylation sites is 1. The van der Waals surface area contributed by atoms with Crippen LogP contribution in [0.3, 0.4) is 0 Å².